The van der Waals surface area contributed by atoms with Crippen LogP contribution in [0.25, 0.3) is 5.95 Å². The van der Waals surface area contributed by atoms with Crippen LogP contribution in [0, 0.1) is 5.82 Å². The Kier molecular flexibility index (Phi) is 6.71. The van der Waals surface area contributed by atoms with Crippen LogP contribution in [0.15, 0.2) is 64.6 Å². The SMILES string of the molecule is CN=C(N)c1ccc(NC(c2nn(-c3ncccn3)c(=O)[nH]2)c2cc(OC)c(OC)cc2F)cc1. The number of ether oxygens (including phenoxy) is 2. The molecule has 35 heavy (non-hydrogen) atoms. The van der Waals surface area contributed by atoms with E-state index in [0.717, 1.165) is 10.2 Å². The fraction of sp³-hybridized carbons (Fsp3) is 0.174. The second kappa shape index (κ2) is 10.0. The van der Waals surface area contributed by atoms with Crippen molar-refractivity contribution in [2.75, 3.05) is 26.6 Å². The molecule has 0 saturated carbocycles. The Morgan fingerprint density at radius 2 is 1.80 bits per heavy atom. The molecule has 1 atom stereocenters. The number of benzene rings is 2. The Balaban J connectivity index is 1.81. The molecule has 0 aliphatic carbocycles. The first-order valence-corrected chi connectivity index (χ1v) is 10.4. The van der Waals surface area contributed by atoms with E-state index in [-0.39, 0.29) is 23.1 Å². The van der Waals surface area contributed by atoms with Crippen molar-refractivity contribution in [1.82, 2.24) is 24.7 Å². The summed E-state index contributed by atoms with van der Waals surface area (Å²) >= 11 is 0. The minimum atomic E-state index is -0.921. The molecule has 2 aromatic carbocycles. The van der Waals surface area contributed by atoms with Gasteiger partial charge in [-0.15, -0.1) is 9.78 Å². The number of anilines is 1. The van der Waals surface area contributed by atoms with Gasteiger partial charge in [-0.25, -0.2) is 19.2 Å². The molecule has 4 rings (SSSR count). The number of hydrogen-bond acceptors (Lipinski definition) is 8. The molecule has 11 nitrogen and oxygen atoms in total. The van der Waals surface area contributed by atoms with E-state index in [1.54, 1.807) is 37.4 Å². The van der Waals surface area contributed by atoms with Crippen LogP contribution in [0.3, 0.4) is 0 Å². The molecular formula is C23H23FN8O3. The lowest BCUT2D eigenvalue weighted by atomic mass is 10.0. The van der Waals surface area contributed by atoms with Gasteiger partial charge < -0.3 is 20.5 Å². The van der Waals surface area contributed by atoms with E-state index >= 15 is 4.39 Å². The second-order valence-electron chi connectivity index (χ2n) is 7.27. The normalized spacial score (nSPS) is 12.3. The summed E-state index contributed by atoms with van der Waals surface area (Å²) in [5.74, 6) is 0.530. The summed E-state index contributed by atoms with van der Waals surface area (Å²) in [7, 11) is 4.46. The van der Waals surface area contributed by atoms with Gasteiger partial charge in [0.05, 0.1) is 14.2 Å². The zero-order chi connectivity index (χ0) is 24.9. The first kappa shape index (κ1) is 23.4. The van der Waals surface area contributed by atoms with Gasteiger partial charge in [0.15, 0.2) is 17.3 Å². The van der Waals surface area contributed by atoms with Crippen LogP contribution in [-0.4, -0.2) is 51.8 Å². The van der Waals surface area contributed by atoms with Crippen LogP contribution >= 0.6 is 0 Å². The minimum absolute atomic E-state index is 0.0743. The second-order valence-corrected chi connectivity index (χ2v) is 7.27. The number of nitrogens with zero attached hydrogens (tertiary/aromatic N) is 5. The number of methoxy groups -OCH3 is 2. The van der Waals surface area contributed by atoms with Crippen molar-refractivity contribution >= 4 is 11.5 Å². The van der Waals surface area contributed by atoms with Crippen molar-refractivity contribution in [3.05, 3.63) is 88.1 Å². The zero-order valence-corrected chi connectivity index (χ0v) is 19.2. The Labute approximate surface area is 199 Å². The summed E-state index contributed by atoms with van der Waals surface area (Å²) in [6, 6.07) is 10.4. The van der Waals surface area contributed by atoms with Gasteiger partial charge in [-0.2, -0.15) is 0 Å². The number of nitrogens with one attached hydrogen (secondary N) is 2. The number of aromatic amines is 1. The van der Waals surface area contributed by atoms with E-state index in [1.807, 2.05) is 0 Å². The van der Waals surface area contributed by atoms with Crippen molar-refractivity contribution in [3.8, 4) is 17.4 Å². The van der Waals surface area contributed by atoms with E-state index in [4.69, 9.17) is 15.2 Å². The fourth-order valence-electron chi connectivity index (χ4n) is 3.42. The summed E-state index contributed by atoms with van der Waals surface area (Å²) in [5.41, 5.74) is 6.79. The van der Waals surface area contributed by atoms with Crippen LogP contribution < -0.4 is 26.2 Å². The molecule has 0 fully saturated rings. The van der Waals surface area contributed by atoms with Gasteiger partial charge in [0, 0.05) is 42.3 Å². The predicted octanol–water partition coefficient (Wildman–Crippen LogP) is 2.04. The molecule has 0 saturated heterocycles. The van der Waals surface area contributed by atoms with Gasteiger partial charge in [-0.05, 0) is 36.4 Å². The molecule has 180 valence electrons. The first-order chi connectivity index (χ1) is 16.9. The molecule has 0 aliphatic heterocycles. The highest BCUT2D eigenvalue weighted by molar-refractivity contribution is 5.97. The Morgan fingerprint density at radius 1 is 1.14 bits per heavy atom. The van der Waals surface area contributed by atoms with Gasteiger partial charge in [0.2, 0.25) is 0 Å². The molecular weight excluding hydrogens is 455 g/mol. The summed E-state index contributed by atoms with van der Waals surface area (Å²) in [6.07, 6.45) is 2.97. The smallest absolute Gasteiger partial charge is 0.350 e. The minimum Gasteiger partial charge on any atom is -0.493 e. The summed E-state index contributed by atoms with van der Waals surface area (Å²) < 4.78 is 26.8. The maximum absolute atomic E-state index is 15.3. The van der Waals surface area contributed by atoms with E-state index in [2.05, 4.69) is 30.4 Å². The van der Waals surface area contributed by atoms with Crippen molar-refractivity contribution in [2.45, 2.75) is 6.04 Å². The maximum atomic E-state index is 15.3. The molecule has 2 aromatic heterocycles. The molecule has 0 radical (unpaired) electrons. The van der Waals surface area contributed by atoms with E-state index in [0.29, 0.717) is 17.3 Å². The van der Waals surface area contributed by atoms with Gasteiger partial charge in [0.25, 0.3) is 5.95 Å². The molecule has 0 aliphatic rings. The number of H-pyrrole nitrogens is 1. The number of nitrogens with two attached hydrogens (primary N) is 1. The molecule has 0 spiro atoms. The van der Waals surface area contributed by atoms with E-state index in [1.165, 1.54) is 38.7 Å². The van der Waals surface area contributed by atoms with Gasteiger partial charge in [-0.1, -0.05) is 0 Å². The highest BCUT2D eigenvalue weighted by Gasteiger charge is 2.26. The highest BCUT2D eigenvalue weighted by atomic mass is 19.1. The van der Waals surface area contributed by atoms with Crippen molar-refractivity contribution in [2.24, 2.45) is 10.7 Å². The lowest BCUT2D eigenvalue weighted by molar-refractivity contribution is 0.351. The van der Waals surface area contributed by atoms with Gasteiger partial charge >= 0.3 is 5.69 Å². The van der Waals surface area contributed by atoms with Crippen LogP contribution in [0.1, 0.15) is 23.0 Å². The monoisotopic (exact) mass is 478 g/mol. The number of hydrogen-bond donors (Lipinski definition) is 3. The number of rotatable bonds is 8. The number of aliphatic imine (C=N–C) groups is 1. The van der Waals surface area contributed by atoms with Crippen molar-refractivity contribution < 1.29 is 13.9 Å². The number of aromatic nitrogens is 5. The third-order valence-corrected chi connectivity index (χ3v) is 5.20. The molecule has 2 heterocycles. The maximum Gasteiger partial charge on any atom is 0.350 e. The Hall–Kier alpha value is -4.74. The highest BCUT2D eigenvalue weighted by Crippen LogP contribution is 2.35. The largest absolute Gasteiger partial charge is 0.493 e. The fourth-order valence-corrected chi connectivity index (χ4v) is 3.42. The van der Waals surface area contributed by atoms with Crippen molar-refractivity contribution in [1.29, 1.82) is 0 Å². The number of halogens is 1. The lowest BCUT2D eigenvalue weighted by Gasteiger charge is -2.20. The van der Waals surface area contributed by atoms with E-state index in [9.17, 15) is 4.79 Å². The van der Waals surface area contributed by atoms with Crippen LogP contribution in [0.5, 0.6) is 11.5 Å². The average Bonchev–Trinajstić information content (AvgIpc) is 3.28. The summed E-state index contributed by atoms with van der Waals surface area (Å²) in [4.78, 5) is 27.4. The molecule has 4 N–H and O–H groups in total. The number of amidine groups is 1. The van der Waals surface area contributed by atoms with Crippen LogP contribution in [-0.2, 0) is 0 Å². The van der Waals surface area contributed by atoms with Gasteiger partial charge in [-0.3, -0.25) is 9.98 Å². The van der Waals surface area contributed by atoms with Crippen LogP contribution in [0.4, 0.5) is 10.1 Å². The standard InChI is InChI=1S/C23H23FN8O3/c1-26-20(25)13-5-7-14(8-6-13)29-19(15-11-17(34-2)18(35-3)12-16(15)24)21-30-23(33)32(31-21)22-27-9-4-10-28-22/h4-12,19,29H,1-3H3,(H2,25,26)(H,30,31,33). The van der Waals surface area contributed by atoms with Gasteiger partial charge in [0.1, 0.15) is 17.7 Å². The zero-order valence-electron chi connectivity index (χ0n) is 19.2. The first-order valence-electron chi connectivity index (χ1n) is 10.4. The Morgan fingerprint density at radius 3 is 2.43 bits per heavy atom. The van der Waals surface area contributed by atoms with Crippen molar-refractivity contribution in [3.63, 3.8) is 0 Å². The predicted molar refractivity (Wildman–Crippen MR) is 128 cm³/mol. The summed E-state index contributed by atoms with van der Waals surface area (Å²) in [6.45, 7) is 0. The average molecular weight is 478 g/mol. The van der Waals surface area contributed by atoms with E-state index < -0.39 is 17.5 Å². The molecule has 12 heteroatoms. The summed E-state index contributed by atoms with van der Waals surface area (Å²) in [5, 5.41) is 7.55. The Bertz CT molecular complexity index is 1400. The third kappa shape index (κ3) is 4.81. The lowest BCUT2D eigenvalue weighted by Crippen LogP contribution is -2.18. The van der Waals surface area contributed by atoms with Crippen LogP contribution in [0.2, 0.25) is 0 Å². The molecule has 0 amide bonds. The quantitative estimate of drug-likeness (QED) is 0.258. The molecule has 0 bridgehead atoms. The third-order valence-electron chi connectivity index (χ3n) is 5.20. The molecule has 4 aromatic rings. The molecule has 1 unspecified atom stereocenters. The topological polar surface area (TPSA) is 145 Å².